The predicted molar refractivity (Wildman–Crippen MR) is 65.5 cm³/mol. The Bertz CT molecular complexity index is 405. The molecule has 0 fully saturated rings. The number of pyridine rings is 1. The van der Waals surface area contributed by atoms with E-state index in [1.54, 1.807) is 24.9 Å². The summed E-state index contributed by atoms with van der Waals surface area (Å²) < 4.78 is 0. The van der Waals surface area contributed by atoms with Gasteiger partial charge in [-0.3, -0.25) is 0 Å². The largest absolute Gasteiger partial charge is 0.478 e. The molecular formula is C12H18N2O3. The smallest absolute Gasteiger partial charge is 0.335 e. The Kier molecular flexibility index (Phi) is 4.45. The molecule has 1 aromatic rings. The van der Waals surface area contributed by atoms with Crippen LogP contribution in [-0.2, 0) is 6.42 Å². The number of hydrogen-bond acceptors (Lipinski definition) is 4. The van der Waals surface area contributed by atoms with Crippen LogP contribution in [0, 0.1) is 0 Å². The molecule has 0 amide bonds. The first-order valence-electron chi connectivity index (χ1n) is 5.57. The normalized spacial score (nSPS) is 12.2. The van der Waals surface area contributed by atoms with Crippen molar-refractivity contribution in [2.75, 3.05) is 18.5 Å². The highest BCUT2D eigenvalue weighted by Crippen LogP contribution is 2.15. The van der Waals surface area contributed by atoms with E-state index in [1.165, 1.54) is 6.07 Å². The lowest BCUT2D eigenvalue weighted by Gasteiger charge is -2.20. The van der Waals surface area contributed by atoms with Gasteiger partial charge in [-0.25, -0.2) is 9.78 Å². The maximum absolute atomic E-state index is 11.0. The Hall–Kier alpha value is -1.62. The third-order valence-electron chi connectivity index (χ3n) is 2.40. The minimum absolute atomic E-state index is 0.226. The van der Waals surface area contributed by atoms with Crippen molar-refractivity contribution in [1.82, 2.24) is 4.98 Å². The van der Waals surface area contributed by atoms with E-state index in [-0.39, 0.29) is 5.56 Å². The van der Waals surface area contributed by atoms with E-state index in [2.05, 4.69) is 4.98 Å². The van der Waals surface area contributed by atoms with Crippen LogP contribution in [0.2, 0.25) is 0 Å². The lowest BCUT2D eigenvalue weighted by atomic mass is 10.2. The van der Waals surface area contributed by atoms with Gasteiger partial charge in [0.1, 0.15) is 5.82 Å². The molecule has 17 heavy (non-hydrogen) atoms. The minimum atomic E-state index is -0.964. The lowest BCUT2D eigenvalue weighted by molar-refractivity contribution is 0.0696. The topological polar surface area (TPSA) is 73.7 Å². The highest BCUT2D eigenvalue weighted by molar-refractivity contribution is 5.88. The van der Waals surface area contributed by atoms with Crippen LogP contribution in [0.4, 0.5) is 5.82 Å². The molecule has 1 rings (SSSR count). The monoisotopic (exact) mass is 238 g/mol. The molecule has 0 saturated heterocycles. The lowest BCUT2D eigenvalue weighted by Crippen LogP contribution is -2.28. The summed E-state index contributed by atoms with van der Waals surface area (Å²) in [5.41, 5.74) is 0.960. The zero-order valence-corrected chi connectivity index (χ0v) is 10.3. The molecule has 1 unspecified atom stereocenters. The van der Waals surface area contributed by atoms with Crippen molar-refractivity contribution in [3.05, 3.63) is 23.4 Å². The third kappa shape index (κ3) is 3.71. The van der Waals surface area contributed by atoms with Crippen molar-refractivity contribution in [3.8, 4) is 0 Å². The molecule has 0 saturated carbocycles. The van der Waals surface area contributed by atoms with Crippen molar-refractivity contribution < 1.29 is 15.0 Å². The predicted octanol–water partition coefficient (Wildman–Crippen LogP) is 1.16. The number of rotatable bonds is 5. The van der Waals surface area contributed by atoms with Gasteiger partial charge >= 0.3 is 5.97 Å². The highest BCUT2D eigenvalue weighted by Gasteiger charge is 2.11. The number of nitrogens with zero attached hydrogens (tertiary/aromatic N) is 2. The molecule has 0 aliphatic rings. The van der Waals surface area contributed by atoms with Gasteiger partial charge in [-0.1, -0.05) is 6.92 Å². The molecule has 5 nitrogen and oxygen atoms in total. The fraction of sp³-hybridized carbons (Fsp3) is 0.500. The Morgan fingerprint density at radius 2 is 2.18 bits per heavy atom. The summed E-state index contributed by atoms with van der Waals surface area (Å²) in [6.45, 7) is 4.02. The van der Waals surface area contributed by atoms with E-state index >= 15 is 0 Å². The van der Waals surface area contributed by atoms with Gasteiger partial charge in [-0.15, -0.1) is 0 Å². The van der Waals surface area contributed by atoms with Gasteiger partial charge in [0.15, 0.2) is 0 Å². The van der Waals surface area contributed by atoms with E-state index in [0.717, 1.165) is 5.69 Å². The van der Waals surface area contributed by atoms with Gasteiger partial charge in [-0.2, -0.15) is 0 Å². The maximum atomic E-state index is 11.0. The number of aromatic carboxylic acids is 1. The Morgan fingerprint density at radius 3 is 2.65 bits per heavy atom. The molecule has 2 N–H and O–H groups in total. The Balaban J connectivity index is 3.06. The number of carboxylic acids is 1. The fourth-order valence-corrected chi connectivity index (χ4v) is 1.56. The van der Waals surface area contributed by atoms with Gasteiger partial charge in [0.25, 0.3) is 0 Å². The van der Waals surface area contributed by atoms with Crippen LogP contribution in [0.15, 0.2) is 12.1 Å². The van der Waals surface area contributed by atoms with Crippen LogP contribution in [0.5, 0.6) is 0 Å². The highest BCUT2D eigenvalue weighted by atomic mass is 16.4. The molecule has 94 valence electrons. The van der Waals surface area contributed by atoms with E-state index in [0.29, 0.717) is 18.8 Å². The molecule has 5 heteroatoms. The minimum Gasteiger partial charge on any atom is -0.478 e. The van der Waals surface area contributed by atoms with Crippen LogP contribution in [0.1, 0.15) is 29.9 Å². The number of anilines is 1. The van der Waals surface area contributed by atoms with E-state index in [9.17, 15) is 9.90 Å². The quantitative estimate of drug-likeness (QED) is 0.805. The summed E-state index contributed by atoms with van der Waals surface area (Å²) in [5, 5.41) is 18.3. The zero-order chi connectivity index (χ0) is 13.0. The van der Waals surface area contributed by atoms with Gasteiger partial charge in [0.05, 0.1) is 11.7 Å². The van der Waals surface area contributed by atoms with E-state index < -0.39 is 12.1 Å². The third-order valence-corrected chi connectivity index (χ3v) is 2.40. The second-order valence-electron chi connectivity index (χ2n) is 4.09. The van der Waals surface area contributed by atoms with Crippen molar-refractivity contribution in [3.63, 3.8) is 0 Å². The number of aryl methyl sites for hydroxylation is 1. The molecule has 0 aliphatic heterocycles. The Labute approximate surface area is 101 Å². The Morgan fingerprint density at radius 1 is 1.53 bits per heavy atom. The van der Waals surface area contributed by atoms with Gasteiger partial charge < -0.3 is 15.1 Å². The zero-order valence-electron chi connectivity index (χ0n) is 10.3. The van der Waals surface area contributed by atoms with Gasteiger partial charge in [0, 0.05) is 19.3 Å². The number of likely N-dealkylation sites (N-methyl/N-ethyl adjacent to an activating group) is 1. The summed E-state index contributed by atoms with van der Waals surface area (Å²) in [5.74, 6) is -0.392. The molecule has 0 radical (unpaired) electrons. The molecule has 0 aromatic carbocycles. The fourth-order valence-electron chi connectivity index (χ4n) is 1.56. The number of hydrogen-bond donors (Lipinski definition) is 2. The summed E-state index contributed by atoms with van der Waals surface area (Å²) in [6, 6.07) is 3.09. The molecule has 0 bridgehead atoms. The number of aromatic nitrogens is 1. The average molecular weight is 238 g/mol. The first kappa shape index (κ1) is 13.4. The molecular weight excluding hydrogens is 220 g/mol. The van der Waals surface area contributed by atoms with E-state index in [4.69, 9.17) is 5.11 Å². The molecule has 0 spiro atoms. The standard InChI is InChI=1S/C12H18N2O3/c1-4-10-5-9(12(16)17)6-11(13-10)14(3)7-8(2)15/h5-6,8,15H,4,7H2,1-3H3,(H,16,17). The number of carboxylic acid groups (broad SMARTS) is 1. The van der Waals surface area contributed by atoms with Crippen molar-refractivity contribution in [1.29, 1.82) is 0 Å². The van der Waals surface area contributed by atoms with Crippen LogP contribution in [0.25, 0.3) is 0 Å². The van der Waals surface area contributed by atoms with Crippen molar-refractivity contribution in [2.24, 2.45) is 0 Å². The number of aliphatic hydroxyl groups excluding tert-OH is 1. The van der Waals surface area contributed by atoms with Crippen LogP contribution >= 0.6 is 0 Å². The van der Waals surface area contributed by atoms with Crippen molar-refractivity contribution >= 4 is 11.8 Å². The first-order chi connectivity index (χ1) is 7.93. The molecule has 0 aliphatic carbocycles. The van der Waals surface area contributed by atoms with Crippen LogP contribution in [-0.4, -0.2) is 40.9 Å². The summed E-state index contributed by atoms with van der Waals surface area (Å²) in [6.07, 6.45) is 0.191. The van der Waals surface area contributed by atoms with Crippen LogP contribution < -0.4 is 4.90 Å². The summed E-state index contributed by atoms with van der Waals surface area (Å²) in [4.78, 5) is 17.1. The van der Waals surface area contributed by atoms with Crippen LogP contribution in [0.3, 0.4) is 0 Å². The SMILES string of the molecule is CCc1cc(C(=O)O)cc(N(C)CC(C)O)n1. The second-order valence-corrected chi connectivity index (χ2v) is 4.09. The van der Waals surface area contributed by atoms with Crippen molar-refractivity contribution in [2.45, 2.75) is 26.4 Å². The van der Waals surface area contributed by atoms with Gasteiger partial charge in [0.2, 0.25) is 0 Å². The molecule has 1 atom stereocenters. The first-order valence-corrected chi connectivity index (χ1v) is 5.57. The number of carbonyl (C=O) groups is 1. The summed E-state index contributed by atoms with van der Waals surface area (Å²) in [7, 11) is 1.78. The maximum Gasteiger partial charge on any atom is 0.335 e. The second kappa shape index (κ2) is 5.63. The van der Waals surface area contributed by atoms with E-state index in [1.807, 2.05) is 6.92 Å². The molecule has 1 heterocycles. The summed E-state index contributed by atoms with van der Waals surface area (Å²) >= 11 is 0. The van der Waals surface area contributed by atoms with Gasteiger partial charge in [-0.05, 0) is 25.5 Å². The molecule has 1 aromatic heterocycles. The average Bonchev–Trinajstić information content (AvgIpc) is 2.27. The number of aliphatic hydroxyl groups is 1.